The number of furan rings is 1. The zero-order valence-corrected chi connectivity index (χ0v) is 10.6. The topological polar surface area (TPSA) is 111 Å². The van der Waals surface area contributed by atoms with Crippen LogP contribution in [0.2, 0.25) is 0 Å². The van der Waals surface area contributed by atoms with Crippen LogP contribution in [0, 0.1) is 10.1 Å². The maximum atomic E-state index is 11.1. The molecule has 0 aliphatic carbocycles. The number of nitrogens with zero attached hydrogens (tertiary/aromatic N) is 1. The van der Waals surface area contributed by atoms with Gasteiger partial charge in [-0.2, -0.15) is 8.42 Å². The van der Waals surface area contributed by atoms with Crippen molar-refractivity contribution in [2.24, 2.45) is 0 Å². The van der Waals surface area contributed by atoms with Gasteiger partial charge in [-0.15, -0.1) is 0 Å². The molecule has 1 heterocycles. The molecule has 102 valence electrons. The van der Waals surface area contributed by atoms with Crippen LogP contribution in [-0.4, -0.2) is 17.9 Å². The van der Waals surface area contributed by atoms with E-state index in [2.05, 4.69) is 0 Å². The van der Waals surface area contributed by atoms with Crippen LogP contribution >= 0.6 is 0 Å². The van der Waals surface area contributed by atoms with Gasteiger partial charge in [-0.05, 0) is 24.3 Å². The van der Waals surface area contributed by atoms with E-state index in [0.717, 1.165) is 0 Å². The van der Waals surface area contributed by atoms with E-state index in [4.69, 9.17) is 8.97 Å². The number of fused-ring (bicyclic) bond motifs is 3. The third kappa shape index (κ3) is 1.91. The molecule has 8 heteroatoms. The van der Waals surface area contributed by atoms with Crippen LogP contribution < -0.4 is 0 Å². The van der Waals surface area contributed by atoms with Crippen molar-refractivity contribution in [3.05, 3.63) is 46.5 Å². The van der Waals surface area contributed by atoms with E-state index in [9.17, 15) is 18.5 Å². The van der Waals surface area contributed by atoms with Crippen molar-refractivity contribution < 1.29 is 22.3 Å². The van der Waals surface area contributed by atoms with E-state index in [1.807, 2.05) is 0 Å². The molecule has 3 aromatic rings. The summed E-state index contributed by atoms with van der Waals surface area (Å²) >= 11 is 0. The van der Waals surface area contributed by atoms with E-state index >= 15 is 0 Å². The monoisotopic (exact) mass is 293 g/mol. The van der Waals surface area contributed by atoms with Gasteiger partial charge in [-0.3, -0.25) is 14.7 Å². The maximum absolute atomic E-state index is 11.1. The molecule has 0 saturated carbocycles. The maximum Gasteiger partial charge on any atom is 0.294 e. The molecule has 1 aromatic heterocycles. The highest BCUT2D eigenvalue weighted by molar-refractivity contribution is 7.85. The molecule has 0 aliphatic heterocycles. The Bertz CT molecular complexity index is 957. The van der Waals surface area contributed by atoms with Crippen molar-refractivity contribution in [1.29, 1.82) is 0 Å². The highest BCUT2D eigenvalue weighted by Gasteiger charge is 2.16. The summed E-state index contributed by atoms with van der Waals surface area (Å²) in [6, 6.07) is 7.86. The van der Waals surface area contributed by atoms with Crippen LogP contribution in [0.3, 0.4) is 0 Å². The second kappa shape index (κ2) is 4.02. The summed E-state index contributed by atoms with van der Waals surface area (Å²) in [6.07, 6.45) is 0. The molecule has 2 aromatic carbocycles. The Hall–Kier alpha value is -2.45. The van der Waals surface area contributed by atoms with Gasteiger partial charge in [0.25, 0.3) is 15.8 Å². The third-order valence-corrected chi connectivity index (χ3v) is 3.78. The Kier molecular flexibility index (Phi) is 2.53. The average molecular weight is 293 g/mol. The van der Waals surface area contributed by atoms with E-state index in [1.165, 1.54) is 36.4 Å². The number of non-ortho nitro benzene ring substituents is 1. The van der Waals surface area contributed by atoms with E-state index < -0.39 is 15.0 Å². The number of hydrogen-bond donors (Lipinski definition) is 1. The van der Waals surface area contributed by atoms with Crippen molar-refractivity contribution in [1.82, 2.24) is 0 Å². The third-order valence-electron chi connectivity index (χ3n) is 2.93. The van der Waals surface area contributed by atoms with Gasteiger partial charge in [-0.25, -0.2) is 0 Å². The molecule has 0 aliphatic rings. The molecule has 0 saturated heterocycles. The van der Waals surface area contributed by atoms with Crippen molar-refractivity contribution in [2.45, 2.75) is 4.90 Å². The molecular weight excluding hydrogens is 286 g/mol. The highest BCUT2D eigenvalue weighted by Crippen LogP contribution is 2.32. The van der Waals surface area contributed by atoms with Crippen LogP contribution in [-0.2, 0) is 10.1 Å². The van der Waals surface area contributed by atoms with Gasteiger partial charge in [0, 0.05) is 22.9 Å². The van der Waals surface area contributed by atoms with Crippen LogP contribution in [0.25, 0.3) is 21.9 Å². The first-order chi connectivity index (χ1) is 9.36. The fourth-order valence-electron chi connectivity index (χ4n) is 2.02. The first-order valence-corrected chi connectivity index (χ1v) is 6.88. The van der Waals surface area contributed by atoms with Gasteiger partial charge in [0.2, 0.25) is 0 Å². The van der Waals surface area contributed by atoms with Gasteiger partial charge < -0.3 is 4.42 Å². The Morgan fingerprint density at radius 3 is 2.25 bits per heavy atom. The van der Waals surface area contributed by atoms with Gasteiger partial charge in [0.05, 0.1) is 9.82 Å². The molecule has 0 bridgehead atoms. The molecular formula is C12H7NO6S. The highest BCUT2D eigenvalue weighted by atomic mass is 32.2. The molecule has 0 radical (unpaired) electrons. The van der Waals surface area contributed by atoms with Crippen molar-refractivity contribution >= 4 is 37.7 Å². The SMILES string of the molecule is O=[N+]([O-])c1ccc2oc3ccc(S(=O)(=O)O)cc3c2c1. The number of hydrogen-bond acceptors (Lipinski definition) is 5. The first kappa shape index (κ1) is 12.6. The minimum Gasteiger partial charge on any atom is -0.456 e. The second-order valence-electron chi connectivity index (χ2n) is 4.17. The van der Waals surface area contributed by atoms with Crippen molar-refractivity contribution in [3.63, 3.8) is 0 Å². The number of nitro groups is 1. The quantitative estimate of drug-likeness (QED) is 0.442. The molecule has 20 heavy (non-hydrogen) atoms. The largest absolute Gasteiger partial charge is 0.456 e. The minimum absolute atomic E-state index is 0.127. The Morgan fingerprint density at radius 1 is 1.05 bits per heavy atom. The van der Waals surface area contributed by atoms with Crippen LogP contribution in [0.5, 0.6) is 0 Å². The Labute approximate surface area is 112 Å². The lowest BCUT2D eigenvalue weighted by Gasteiger charge is -1.96. The summed E-state index contributed by atoms with van der Waals surface area (Å²) in [4.78, 5) is 9.92. The first-order valence-electron chi connectivity index (χ1n) is 5.44. The molecule has 0 unspecified atom stereocenters. The van der Waals surface area contributed by atoms with E-state index in [0.29, 0.717) is 21.9 Å². The van der Waals surface area contributed by atoms with Crippen molar-refractivity contribution in [3.8, 4) is 0 Å². The summed E-state index contributed by atoms with van der Waals surface area (Å²) in [7, 11) is -4.34. The smallest absolute Gasteiger partial charge is 0.294 e. The summed E-state index contributed by atoms with van der Waals surface area (Å²) < 4.78 is 36.7. The standard InChI is InChI=1S/C12H7NO6S/c14-13(15)7-1-3-11-9(5-7)10-6-8(20(16,17)18)2-4-12(10)19-11/h1-6H,(H,16,17,18). The van der Waals surface area contributed by atoms with Crippen molar-refractivity contribution in [2.75, 3.05) is 0 Å². The molecule has 7 nitrogen and oxygen atoms in total. The van der Waals surface area contributed by atoms with Gasteiger partial charge in [0.1, 0.15) is 11.2 Å². The molecule has 0 spiro atoms. The Balaban J connectivity index is 2.40. The van der Waals surface area contributed by atoms with Gasteiger partial charge in [0.15, 0.2) is 0 Å². The van der Waals surface area contributed by atoms with E-state index in [1.54, 1.807) is 0 Å². The zero-order chi connectivity index (χ0) is 14.5. The lowest BCUT2D eigenvalue weighted by atomic mass is 10.1. The van der Waals surface area contributed by atoms with Crippen LogP contribution in [0.4, 0.5) is 5.69 Å². The number of nitro benzene ring substituents is 1. The van der Waals surface area contributed by atoms with Gasteiger partial charge in [-0.1, -0.05) is 0 Å². The predicted molar refractivity (Wildman–Crippen MR) is 70.2 cm³/mol. The lowest BCUT2D eigenvalue weighted by Crippen LogP contribution is -1.96. The van der Waals surface area contributed by atoms with Crippen LogP contribution in [0.15, 0.2) is 45.7 Å². The Morgan fingerprint density at radius 2 is 1.65 bits per heavy atom. The summed E-state index contributed by atoms with van der Waals surface area (Å²) in [5.74, 6) is 0. The molecule has 0 atom stereocenters. The number of rotatable bonds is 2. The summed E-state index contributed by atoms with van der Waals surface area (Å²) in [5, 5.41) is 11.6. The van der Waals surface area contributed by atoms with E-state index in [-0.39, 0.29) is 10.6 Å². The number of benzene rings is 2. The lowest BCUT2D eigenvalue weighted by molar-refractivity contribution is -0.384. The average Bonchev–Trinajstić information content (AvgIpc) is 2.74. The molecule has 0 amide bonds. The summed E-state index contributed by atoms with van der Waals surface area (Å²) in [6.45, 7) is 0. The zero-order valence-electron chi connectivity index (χ0n) is 9.81. The van der Waals surface area contributed by atoms with Crippen LogP contribution in [0.1, 0.15) is 0 Å². The minimum atomic E-state index is -4.34. The molecule has 3 rings (SSSR count). The molecule has 1 N–H and O–H groups in total. The predicted octanol–water partition coefficient (Wildman–Crippen LogP) is 2.74. The fourth-order valence-corrected chi connectivity index (χ4v) is 2.53. The molecule has 0 fully saturated rings. The summed E-state index contributed by atoms with van der Waals surface area (Å²) in [5.41, 5.74) is 0.656. The second-order valence-corrected chi connectivity index (χ2v) is 5.59. The van der Waals surface area contributed by atoms with Gasteiger partial charge >= 0.3 is 0 Å². The fraction of sp³-hybridized carbons (Fsp3) is 0. The normalized spacial score (nSPS) is 12.1.